The van der Waals surface area contributed by atoms with E-state index in [9.17, 15) is 4.79 Å². The van der Waals surface area contributed by atoms with Crippen LogP contribution >= 0.6 is 0 Å². The molecule has 1 aliphatic rings. The van der Waals surface area contributed by atoms with E-state index in [4.69, 9.17) is 9.47 Å². The number of fused-ring (bicyclic) bond motifs is 1. The molecule has 0 bridgehead atoms. The molecule has 2 heterocycles. The molecule has 1 saturated heterocycles. The Bertz CT molecular complexity index is 1020. The van der Waals surface area contributed by atoms with Crippen molar-refractivity contribution in [3.05, 3.63) is 48.3 Å². The van der Waals surface area contributed by atoms with E-state index in [1.54, 1.807) is 32.4 Å². The molecule has 2 aromatic carbocycles. The molecule has 0 spiro atoms. The van der Waals surface area contributed by atoms with Gasteiger partial charge < -0.3 is 24.3 Å². The van der Waals surface area contributed by atoms with Crippen molar-refractivity contribution in [1.82, 2.24) is 14.5 Å². The molecular formula is C23H28N4O3. The van der Waals surface area contributed by atoms with Crippen molar-refractivity contribution in [3.63, 3.8) is 0 Å². The van der Waals surface area contributed by atoms with Crippen LogP contribution in [-0.4, -0.2) is 47.8 Å². The van der Waals surface area contributed by atoms with Gasteiger partial charge in [-0.3, -0.25) is 0 Å². The molecule has 0 saturated carbocycles. The molecule has 2 amide bonds. The van der Waals surface area contributed by atoms with Crippen molar-refractivity contribution in [2.75, 3.05) is 32.6 Å². The van der Waals surface area contributed by atoms with Crippen LogP contribution in [-0.2, 0) is 6.54 Å². The molecule has 1 aliphatic heterocycles. The van der Waals surface area contributed by atoms with Crippen molar-refractivity contribution in [2.45, 2.75) is 26.3 Å². The highest BCUT2D eigenvalue weighted by Gasteiger charge is 2.24. The fourth-order valence-electron chi connectivity index (χ4n) is 4.09. The number of aromatic nitrogens is 2. The van der Waals surface area contributed by atoms with E-state index >= 15 is 0 Å². The number of piperidine rings is 1. The molecule has 1 N–H and O–H groups in total. The average Bonchev–Trinajstić information content (AvgIpc) is 3.09. The normalized spacial score (nSPS) is 14.7. The molecule has 3 aromatic rings. The maximum Gasteiger partial charge on any atom is 0.321 e. The van der Waals surface area contributed by atoms with Gasteiger partial charge in [0.25, 0.3) is 0 Å². The van der Waals surface area contributed by atoms with Crippen LogP contribution < -0.4 is 14.8 Å². The van der Waals surface area contributed by atoms with E-state index in [1.165, 1.54) is 5.52 Å². The zero-order valence-electron chi connectivity index (χ0n) is 17.7. The number of anilines is 1. The van der Waals surface area contributed by atoms with E-state index in [1.807, 2.05) is 11.0 Å². The van der Waals surface area contributed by atoms with E-state index in [0.717, 1.165) is 43.8 Å². The van der Waals surface area contributed by atoms with E-state index < -0.39 is 0 Å². The molecule has 7 heteroatoms. The van der Waals surface area contributed by atoms with Crippen LogP contribution in [0.3, 0.4) is 0 Å². The maximum absolute atomic E-state index is 12.7. The Hall–Kier alpha value is -3.22. The van der Waals surface area contributed by atoms with Crippen molar-refractivity contribution < 1.29 is 14.3 Å². The minimum atomic E-state index is -0.0898. The number of benzene rings is 2. The average molecular weight is 409 g/mol. The van der Waals surface area contributed by atoms with Gasteiger partial charge in [0.15, 0.2) is 0 Å². The third-order valence-electron chi connectivity index (χ3n) is 5.79. The molecule has 0 aliphatic carbocycles. The van der Waals surface area contributed by atoms with Crippen molar-refractivity contribution in [2.24, 2.45) is 5.92 Å². The number of urea groups is 1. The highest BCUT2D eigenvalue weighted by Crippen LogP contribution is 2.27. The topological polar surface area (TPSA) is 68.6 Å². The number of rotatable bonds is 5. The predicted octanol–water partition coefficient (Wildman–Crippen LogP) is 4.31. The van der Waals surface area contributed by atoms with Crippen LogP contribution in [0.25, 0.3) is 11.0 Å². The lowest BCUT2D eigenvalue weighted by Crippen LogP contribution is -2.41. The minimum Gasteiger partial charge on any atom is -0.497 e. The molecule has 0 atom stereocenters. The van der Waals surface area contributed by atoms with Gasteiger partial charge in [0, 0.05) is 43.5 Å². The number of nitrogens with zero attached hydrogens (tertiary/aromatic N) is 3. The summed E-state index contributed by atoms with van der Waals surface area (Å²) in [5, 5.41) is 2.97. The SMILES string of the molecule is COc1cc(NC(=O)N2CCC(Cn3c(C)nc4ccccc43)CC2)cc(OC)c1. The second-order valence-corrected chi connectivity index (χ2v) is 7.72. The van der Waals surface area contributed by atoms with Gasteiger partial charge in [-0.25, -0.2) is 9.78 Å². The van der Waals surface area contributed by atoms with E-state index in [0.29, 0.717) is 23.1 Å². The summed E-state index contributed by atoms with van der Waals surface area (Å²) in [4.78, 5) is 19.3. The van der Waals surface area contributed by atoms with Gasteiger partial charge in [0.05, 0.1) is 25.3 Å². The fourth-order valence-corrected chi connectivity index (χ4v) is 4.09. The number of aryl methyl sites for hydroxylation is 1. The second kappa shape index (κ2) is 8.65. The number of para-hydroxylation sites is 2. The Kier molecular flexibility index (Phi) is 5.79. The van der Waals surface area contributed by atoms with E-state index in [-0.39, 0.29) is 6.03 Å². The number of ether oxygens (including phenoxy) is 2. The summed E-state index contributed by atoms with van der Waals surface area (Å²) >= 11 is 0. The zero-order valence-corrected chi connectivity index (χ0v) is 17.7. The highest BCUT2D eigenvalue weighted by molar-refractivity contribution is 5.90. The number of likely N-dealkylation sites (tertiary alicyclic amines) is 1. The molecule has 1 aromatic heterocycles. The number of hydrogen-bond donors (Lipinski definition) is 1. The molecular weight excluding hydrogens is 380 g/mol. The van der Waals surface area contributed by atoms with Crippen LogP contribution in [0.15, 0.2) is 42.5 Å². The van der Waals surface area contributed by atoms with Gasteiger partial charge in [-0.15, -0.1) is 0 Å². The zero-order chi connectivity index (χ0) is 21.1. The Morgan fingerprint density at radius 1 is 1.10 bits per heavy atom. The minimum absolute atomic E-state index is 0.0898. The third kappa shape index (κ3) is 4.20. The smallest absolute Gasteiger partial charge is 0.321 e. The van der Waals surface area contributed by atoms with Crippen LogP contribution in [0.4, 0.5) is 10.5 Å². The Balaban J connectivity index is 1.36. The summed E-state index contributed by atoms with van der Waals surface area (Å²) in [7, 11) is 3.19. The number of amides is 2. The van der Waals surface area contributed by atoms with Gasteiger partial charge >= 0.3 is 6.03 Å². The summed E-state index contributed by atoms with van der Waals surface area (Å²) in [6, 6.07) is 13.5. The number of methoxy groups -OCH3 is 2. The summed E-state index contributed by atoms with van der Waals surface area (Å²) in [5.41, 5.74) is 2.89. The lowest BCUT2D eigenvalue weighted by molar-refractivity contribution is 0.177. The first-order chi connectivity index (χ1) is 14.6. The second-order valence-electron chi connectivity index (χ2n) is 7.72. The van der Waals surface area contributed by atoms with Gasteiger partial charge in [-0.1, -0.05) is 12.1 Å². The van der Waals surface area contributed by atoms with Crippen LogP contribution in [0.2, 0.25) is 0 Å². The van der Waals surface area contributed by atoms with Crippen LogP contribution in [0, 0.1) is 12.8 Å². The maximum atomic E-state index is 12.7. The first kappa shape index (κ1) is 20.1. The van der Waals surface area contributed by atoms with Gasteiger partial charge in [-0.05, 0) is 37.8 Å². The number of carbonyl (C=O) groups excluding carboxylic acids is 1. The number of nitrogens with one attached hydrogen (secondary N) is 1. The molecule has 0 radical (unpaired) electrons. The monoisotopic (exact) mass is 408 g/mol. The van der Waals surface area contributed by atoms with E-state index in [2.05, 4.69) is 40.0 Å². The fraction of sp³-hybridized carbons (Fsp3) is 0.391. The standard InChI is InChI=1S/C23H28N4O3/c1-16-24-21-6-4-5-7-22(21)27(16)15-17-8-10-26(11-9-17)23(28)25-18-12-19(29-2)14-20(13-18)30-3/h4-7,12-14,17H,8-11,15H2,1-3H3,(H,25,28). The molecule has 1 fully saturated rings. The number of hydrogen-bond acceptors (Lipinski definition) is 4. The largest absolute Gasteiger partial charge is 0.497 e. The Morgan fingerprint density at radius 3 is 2.43 bits per heavy atom. The highest BCUT2D eigenvalue weighted by atomic mass is 16.5. The summed E-state index contributed by atoms with van der Waals surface area (Å²) in [6.07, 6.45) is 1.95. The lowest BCUT2D eigenvalue weighted by Gasteiger charge is -2.32. The molecule has 4 rings (SSSR count). The van der Waals surface area contributed by atoms with Crippen LogP contribution in [0.5, 0.6) is 11.5 Å². The molecule has 30 heavy (non-hydrogen) atoms. The molecule has 0 unspecified atom stereocenters. The first-order valence-corrected chi connectivity index (χ1v) is 10.3. The number of carbonyl (C=O) groups is 1. The third-order valence-corrected chi connectivity index (χ3v) is 5.79. The number of imidazole rings is 1. The first-order valence-electron chi connectivity index (χ1n) is 10.3. The van der Waals surface area contributed by atoms with Crippen molar-refractivity contribution >= 4 is 22.8 Å². The van der Waals surface area contributed by atoms with Gasteiger partial charge in [0.1, 0.15) is 17.3 Å². The van der Waals surface area contributed by atoms with Crippen molar-refractivity contribution in [3.8, 4) is 11.5 Å². The quantitative estimate of drug-likeness (QED) is 0.683. The van der Waals surface area contributed by atoms with Gasteiger partial charge in [0.2, 0.25) is 0 Å². The predicted molar refractivity (Wildman–Crippen MR) is 117 cm³/mol. The molecule has 158 valence electrons. The lowest BCUT2D eigenvalue weighted by atomic mass is 9.97. The van der Waals surface area contributed by atoms with Gasteiger partial charge in [-0.2, -0.15) is 0 Å². The summed E-state index contributed by atoms with van der Waals surface area (Å²) in [6.45, 7) is 4.48. The Morgan fingerprint density at radius 2 is 1.77 bits per heavy atom. The summed E-state index contributed by atoms with van der Waals surface area (Å²) < 4.78 is 12.9. The Labute approximate surface area is 176 Å². The summed E-state index contributed by atoms with van der Waals surface area (Å²) in [5.74, 6) is 2.86. The molecule has 7 nitrogen and oxygen atoms in total. The van der Waals surface area contributed by atoms with Crippen LogP contribution in [0.1, 0.15) is 18.7 Å². The van der Waals surface area contributed by atoms with Crippen molar-refractivity contribution in [1.29, 1.82) is 0 Å².